The summed E-state index contributed by atoms with van der Waals surface area (Å²) in [6, 6.07) is 0. The third-order valence-corrected chi connectivity index (χ3v) is 4.18. The van der Waals surface area contributed by atoms with Gasteiger partial charge in [-0.1, -0.05) is 0 Å². The summed E-state index contributed by atoms with van der Waals surface area (Å²) in [4.78, 5) is 10.3. The highest BCUT2D eigenvalue weighted by Gasteiger charge is 2.28. The summed E-state index contributed by atoms with van der Waals surface area (Å²) in [7, 11) is -2.88. The number of carbonyl (C=O) groups excluding carboxylic acids is 1. The molecule has 0 saturated carbocycles. The highest BCUT2D eigenvalue weighted by Crippen LogP contribution is 2.27. The zero-order chi connectivity index (χ0) is 10.9. The van der Waals surface area contributed by atoms with Gasteiger partial charge in [-0.25, -0.2) is 8.42 Å². The second-order valence-corrected chi connectivity index (χ2v) is 5.83. The van der Waals surface area contributed by atoms with Gasteiger partial charge in [-0.3, -0.25) is 4.79 Å². The van der Waals surface area contributed by atoms with Crippen LogP contribution in [0.4, 0.5) is 0 Å². The zero-order valence-corrected chi connectivity index (χ0v) is 8.74. The fraction of sp³-hybridized carbons (Fsp3) is 0.625. The summed E-state index contributed by atoms with van der Waals surface area (Å²) in [6.07, 6.45) is 1.46. The minimum absolute atomic E-state index is 0.0327. The van der Waals surface area contributed by atoms with Gasteiger partial charge >= 0.3 is 0 Å². The highest BCUT2D eigenvalue weighted by atomic mass is 32.2. The second kappa shape index (κ2) is 3.73. The van der Waals surface area contributed by atoms with Crippen LogP contribution in [0.1, 0.15) is 35.3 Å². The zero-order valence-electron chi connectivity index (χ0n) is 7.92. The molecule has 0 unspecified atom stereocenters. The first-order chi connectivity index (χ1) is 7.11. The SMILES string of the molecule is O=Cc1nnc(C2CCS(=O)(=O)CC2)o1. The van der Waals surface area contributed by atoms with E-state index in [2.05, 4.69) is 10.2 Å². The van der Waals surface area contributed by atoms with E-state index in [0.29, 0.717) is 25.0 Å². The highest BCUT2D eigenvalue weighted by molar-refractivity contribution is 7.91. The Kier molecular flexibility index (Phi) is 2.56. The number of sulfone groups is 1. The van der Waals surface area contributed by atoms with E-state index < -0.39 is 9.84 Å². The van der Waals surface area contributed by atoms with Gasteiger partial charge in [0, 0.05) is 5.92 Å². The van der Waals surface area contributed by atoms with Crippen molar-refractivity contribution in [1.29, 1.82) is 0 Å². The van der Waals surface area contributed by atoms with Gasteiger partial charge in [0.15, 0.2) is 0 Å². The Bertz CT molecular complexity index is 451. The number of nitrogens with zero attached hydrogens (tertiary/aromatic N) is 2. The first-order valence-electron chi connectivity index (χ1n) is 4.60. The molecular formula is C8H10N2O4S. The predicted octanol–water partition coefficient (Wildman–Crippen LogP) is 0.174. The first kappa shape index (κ1) is 10.3. The lowest BCUT2D eigenvalue weighted by Gasteiger charge is -2.18. The van der Waals surface area contributed by atoms with Crippen molar-refractivity contribution in [2.45, 2.75) is 18.8 Å². The second-order valence-electron chi connectivity index (χ2n) is 3.52. The van der Waals surface area contributed by atoms with Crippen LogP contribution in [-0.2, 0) is 9.84 Å². The van der Waals surface area contributed by atoms with Crippen LogP contribution in [0.15, 0.2) is 4.42 Å². The fourth-order valence-corrected chi connectivity index (χ4v) is 3.09. The molecule has 0 aliphatic carbocycles. The maximum Gasteiger partial charge on any atom is 0.280 e. The van der Waals surface area contributed by atoms with Crippen LogP contribution in [0, 0.1) is 0 Å². The molecule has 6 nitrogen and oxygen atoms in total. The summed E-state index contributed by atoms with van der Waals surface area (Å²) in [5.41, 5.74) is 0. The van der Waals surface area contributed by atoms with Gasteiger partial charge in [0.1, 0.15) is 9.84 Å². The van der Waals surface area contributed by atoms with Crippen molar-refractivity contribution in [2.75, 3.05) is 11.5 Å². The van der Waals surface area contributed by atoms with Crippen LogP contribution in [0.5, 0.6) is 0 Å². The van der Waals surface area contributed by atoms with E-state index in [0.717, 1.165) is 0 Å². The molecule has 1 aromatic heterocycles. The molecule has 1 saturated heterocycles. The third kappa shape index (κ3) is 2.23. The molecule has 0 bridgehead atoms. The normalized spacial score (nSPS) is 21.3. The van der Waals surface area contributed by atoms with Crippen LogP contribution < -0.4 is 0 Å². The minimum atomic E-state index is -2.88. The fourth-order valence-electron chi connectivity index (χ4n) is 1.60. The number of rotatable bonds is 2. The molecule has 0 spiro atoms. The van der Waals surface area contributed by atoms with Crippen LogP contribution in [-0.4, -0.2) is 36.4 Å². The summed E-state index contributed by atoms with van der Waals surface area (Å²) >= 11 is 0. The van der Waals surface area contributed by atoms with E-state index in [4.69, 9.17) is 4.42 Å². The molecule has 1 fully saturated rings. The van der Waals surface area contributed by atoms with Crippen molar-refractivity contribution in [3.63, 3.8) is 0 Å². The number of carbonyl (C=O) groups is 1. The monoisotopic (exact) mass is 230 g/mol. The lowest BCUT2D eigenvalue weighted by molar-refractivity contribution is 0.109. The van der Waals surface area contributed by atoms with Gasteiger partial charge in [-0.15, -0.1) is 10.2 Å². The largest absolute Gasteiger partial charge is 0.418 e. The average Bonchev–Trinajstić information content (AvgIpc) is 2.66. The average molecular weight is 230 g/mol. The number of hydrogen-bond donors (Lipinski definition) is 0. The van der Waals surface area contributed by atoms with E-state index in [1.165, 1.54) is 0 Å². The van der Waals surface area contributed by atoms with Crippen molar-refractivity contribution in [3.05, 3.63) is 11.8 Å². The summed E-state index contributed by atoms with van der Waals surface area (Å²) in [6.45, 7) is 0. The smallest absolute Gasteiger partial charge is 0.280 e. The van der Waals surface area contributed by atoms with Gasteiger partial charge in [0.05, 0.1) is 11.5 Å². The summed E-state index contributed by atoms with van der Waals surface area (Å²) in [5.74, 6) is 0.576. The Hall–Kier alpha value is -1.24. The Labute approximate surface area is 86.6 Å². The molecule has 0 atom stereocenters. The Morgan fingerprint density at radius 1 is 1.27 bits per heavy atom. The van der Waals surface area contributed by atoms with E-state index in [-0.39, 0.29) is 23.3 Å². The van der Waals surface area contributed by atoms with Gasteiger partial charge < -0.3 is 4.42 Å². The molecule has 1 aromatic rings. The van der Waals surface area contributed by atoms with Gasteiger partial charge in [-0.05, 0) is 12.8 Å². The van der Waals surface area contributed by atoms with Crippen molar-refractivity contribution >= 4 is 16.1 Å². The Morgan fingerprint density at radius 3 is 2.47 bits per heavy atom. The number of aldehydes is 1. The molecule has 0 radical (unpaired) electrons. The van der Waals surface area contributed by atoms with E-state index >= 15 is 0 Å². The number of hydrogen-bond acceptors (Lipinski definition) is 6. The van der Waals surface area contributed by atoms with Crippen LogP contribution >= 0.6 is 0 Å². The Morgan fingerprint density at radius 2 is 1.93 bits per heavy atom. The lowest BCUT2D eigenvalue weighted by atomic mass is 10.0. The molecule has 2 heterocycles. The van der Waals surface area contributed by atoms with Crippen molar-refractivity contribution in [2.24, 2.45) is 0 Å². The van der Waals surface area contributed by atoms with Crippen LogP contribution in [0.3, 0.4) is 0 Å². The molecule has 2 rings (SSSR count). The maximum absolute atomic E-state index is 11.2. The molecule has 1 aliphatic rings. The molecule has 1 aliphatic heterocycles. The van der Waals surface area contributed by atoms with Crippen LogP contribution in [0.25, 0.3) is 0 Å². The molecule has 15 heavy (non-hydrogen) atoms. The van der Waals surface area contributed by atoms with Crippen molar-refractivity contribution < 1.29 is 17.6 Å². The summed E-state index contributed by atoms with van der Waals surface area (Å²) < 4.78 is 27.4. The quantitative estimate of drug-likeness (QED) is 0.673. The van der Waals surface area contributed by atoms with E-state index in [1.807, 2.05) is 0 Å². The Balaban J connectivity index is 2.10. The van der Waals surface area contributed by atoms with Gasteiger partial charge in [0.2, 0.25) is 12.2 Å². The van der Waals surface area contributed by atoms with Crippen molar-refractivity contribution in [1.82, 2.24) is 10.2 Å². The van der Waals surface area contributed by atoms with E-state index in [9.17, 15) is 13.2 Å². The molecule has 7 heteroatoms. The first-order valence-corrected chi connectivity index (χ1v) is 6.42. The van der Waals surface area contributed by atoms with E-state index in [1.54, 1.807) is 0 Å². The molecule has 82 valence electrons. The van der Waals surface area contributed by atoms with Gasteiger partial charge in [0.25, 0.3) is 5.89 Å². The third-order valence-electron chi connectivity index (χ3n) is 2.46. The van der Waals surface area contributed by atoms with Crippen LogP contribution in [0.2, 0.25) is 0 Å². The maximum atomic E-state index is 11.2. The van der Waals surface area contributed by atoms with Gasteiger partial charge in [-0.2, -0.15) is 0 Å². The molecule has 0 amide bonds. The van der Waals surface area contributed by atoms with Crippen molar-refractivity contribution in [3.8, 4) is 0 Å². The molecule has 0 aromatic carbocycles. The minimum Gasteiger partial charge on any atom is -0.418 e. The predicted molar refractivity (Wildman–Crippen MR) is 50.3 cm³/mol. The summed E-state index contributed by atoms with van der Waals surface area (Å²) in [5, 5.41) is 7.23. The molecule has 0 N–H and O–H groups in total. The number of aromatic nitrogens is 2. The topological polar surface area (TPSA) is 90.1 Å². The lowest BCUT2D eigenvalue weighted by Crippen LogP contribution is -2.22. The molecular weight excluding hydrogens is 220 g/mol. The standard InChI is InChI=1S/C8H10N2O4S/c11-5-7-9-10-8(14-7)6-1-3-15(12,13)4-2-6/h5-6H,1-4H2.